The van der Waals surface area contributed by atoms with Gasteiger partial charge >= 0.3 is 5.97 Å². The van der Waals surface area contributed by atoms with E-state index >= 15 is 0 Å². The van der Waals surface area contributed by atoms with Gasteiger partial charge in [0.15, 0.2) is 11.5 Å². The number of hydrogen-bond donors (Lipinski definition) is 3. The van der Waals surface area contributed by atoms with Gasteiger partial charge in [-0.3, -0.25) is 4.79 Å². The van der Waals surface area contributed by atoms with Gasteiger partial charge in [0.2, 0.25) is 0 Å². The number of nitrogens with one attached hydrogen (secondary N) is 1. The van der Waals surface area contributed by atoms with Gasteiger partial charge in [-0.1, -0.05) is 0 Å². The molecule has 0 aliphatic rings. The van der Waals surface area contributed by atoms with Crippen molar-refractivity contribution in [3.63, 3.8) is 0 Å². The fourth-order valence-corrected chi connectivity index (χ4v) is 1.42. The van der Waals surface area contributed by atoms with Crippen molar-refractivity contribution in [3.8, 4) is 0 Å². The maximum absolute atomic E-state index is 13.7. The summed E-state index contributed by atoms with van der Waals surface area (Å²) >= 11 is 0. The molecular weight excluding hydrogens is 267 g/mol. The molecule has 1 aromatic carbocycles. The highest BCUT2D eigenvalue weighted by atomic mass is 19.1. The summed E-state index contributed by atoms with van der Waals surface area (Å²) in [6, 6.07) is 6.14. The molecule has 0 saturated heterocycles. The number of primary amides is 1. The number of aromatic carboxylic acids is 1. The smallest absolute Gasteiger partial charge is 0.335 e. The first-order valence-electron chi connectivity index (χ1n) is 5.41. The lowest BCUT2D eigenvalue weighted by molar-refractivity contribution is 0.0696. The number of benzene rings is 1. The zero-order valence-electron chi connectivity index (χ0n) is 10.0. The number of amides is 1. The van der Waals surface area contributed by atoms with Gasteiger partial charge < -0.3 is 16.2 Å². The Hall–Kier alpha value is -3.03. The molecule has 0 bridgehead atoms. The molecule has 0 aliphatic heterocycles. The quantitative estimate of drug-likeness (QED) is 0.771. The van der Waals surface area contributed by atoms with Crippen molar-refractivity contribution in [1.82, 2.24) is 10.2 Å². The van der Waals surface area contributed by atoms with Crippen molar-refractivity contribution >= 4 is 23.4 Å². The van der Waals surface area contributed by atoms with Crippen LogP contribution in [-0.4, -0.2) is 27.2 Å². The van der Waals surface area contributed by atoms with E-state index in [1.807, 2.05) is 0 Å². The molecule has 0 atom stereocenters. The van der Waals surface area contributed by atoms with Gasteiger partial charge in [-0.2, -0.15) is 0 Å². The second-order valence-electron chi connectivity index (χ2n) is 3.79. The number of carbonyl (C=O) groups excluding carboxylic acids is 1. The molecule has 1 aromatic heterocycles. The first kappa shape index (κ1) is 13.4. The second-order valence-corrected chi connectivity index (χ2v) is 3.79. The van der Waals surface area contributed by atoms with Crippen LogP contribution in [0.3, 0.4) is 0 Å². The lowest BCUT2D eigenvalue weighted by Crippen LogP contribution is -2.14. The standard InChI is InChI=1S/C12H9FN4O3/c13-7-5-6(12(19)20)1-2-8(7)15-10-4-3-9(11(14)18)16-17-10/h1-5H,(H2,14,18)(H,15,17)(H,19,20). The Bertz CT molecular complexity index is 673. The minimum absolute atomic E-state index is 0.0164. The minimum atomic E-state index is -1.22. The van der Waals surface area contributed by atoms with Crippen LogP contribution in [0.15, 0.2) is 30.3 Å². The van der Waals surface area contributed by atoms with E-state index in [-0.39, 0.29) is 22.8 Å². The van der Waals surface area contributed by atoms with Crippen LogP contribution in [0, 0.1) is 5.82 Å². The minimum Gasteiger partial charge on any atom is -0.478 e. The SMILES string of the molecule is NC(=O)c1ccc(Nc2ccc(C(=O)O)cc2F)nn1. The Morgan fingerprint density at radius 3 is 2.45 bits per heavy atom. The number of carboxylic acids is 1. The summed E-state index contributed by atoms with van der Waals surface area (Å²) in [7, 11) is 0. The fourth-order valence-electron chi connectivity index (χ4n) is 1.42. The molecule has 1 heterocycles. The Kier molecular flexibility index (Phi) is 3.56. The first-order chi connectivity index (χ1) is 9.47. The van der Waals surface area contributed by atoms with Crippen molar-refractivity contribution in [2.24, 2.45) is 5.73 Å². The number of anilines is 2. The number of nitrogens with two attached hydrogens (primary N) is 1. The van der Waals surface area contributed by atoms with E-state index in [0.717, 1.165) is 6.07 Å². The maximum Gasteiger partial charge on any atom is 0.335 e. The Morgan fingerprint density at radius 2 is 1.95 bits per heavy atom. The number of aromatic nitrogens is 2. The van der Waals surface area contributed by atoms with E-state index < -0.39 is 17.7 Å². The molecule has 0 unspecified atom stereocenters. The van der Waals surface area contributed by atoms with Crippen molar-refractivity contribution in [2.45, 2.75) is 0 Å². The molecule has 0 aliphatic carbocycles. The third-order valence-electron chi connectivity index (χ3n) is 2.40. The fraction of sp³-hybridized carbons (Fsp3) is 0. The predicted molar refractivity (Wildman–Crippen MR) is 67.2 cm³/mol. The molecule has 102 valence electrons. The maximum atomic E-state index is 13.7. The van der Waals surface area contributed by atoms with Crippen LogP contribution in [0.5, 0.6) is 0 Å². The number of nitrogens with zero attached hydrogens (tertiary/aromatic N) is 2. The van der Waals surface area contributed by atoms with Crippen LogP contribution in [0.25, 0.3) is 0 Å². The van der Waals surface area contributed by atoms with E-state index in [2.05, 4.69) is 15.5 Å². The number of halogens is 1. The molecule has 20 heavy (non-hydrogen) atoms. The van der Waals surface area contributed by atoms with Crippen LogP contribution in [0.2, 0.25) is 0 Å². The summed E-state index contributed by atoms with van der Waals surface area (Å²) in [5.41, 5.74) is 4.87. The van der Waals surface area contributed by atoms with Crippen molar-refractivity contribution in [1.29, 1.82) is 0 Å². The van der Waals surface area contributed by atoms with E-state index in [1.165, 1.54) is 24.3 Å². The highest BCUT2D eigenvalue weighted by molar-refractivity contribution is 5.90. The number of carboxylic acid groups (broad SMARTS) is 1. The summed E-state index contributed by atoms with van der Waals surface area (Å²) in [6.07, 6.45) is 0. The summed E-state index contributed by atoms with van der Waals surface area (Å²) in [5.74, 6) is -2.50. The summed E-state index contributed by atoms with van der Waals surface area (Å²) in [6.45, 7) is 0. The molecule has 0 radical (unpaired) electrons. The van der Waals surface area contributed by atoms with E-state index in [1.54, 1.807) is 0 Å². The van der Waals surface area contributed by atoms with Gasteiger partial charge in [-0.25, -0.2) is 9.18 Å². The molecule has 1 amide bonds. The van der Waals surface area contributed by atoms with E-state index in [9.17, 15) is 14.0 Å². The van der Waals surface area contributed by atoms with Crippen LogP contribution >= 0.6 is 0 Å². The van der Waals surface area contributed by atoms with Gasteiger partial charge in [0, 0.05) is 0 Å². The Morgan fingerprint density at radius 1 is 1.20 bits per heavy atom. The average Bonchev–Trinajstić information content (AvgIpc) is 2.41. The van der Waals surface area contributed by atoms with Crippen LogP contribution in [-0.2, 0) is 0 Å². The molecule has 0 fully saturated rings. The molecular formula is C12H9FN4O3. The third kappa shape index (κ3) is 2.86. The molecule has 0 saturated carbocycles. The van der Waals surface area contributed by atoms with Crippen molar-refractivity contribution in [2.75, 3.05) is 5.32 Å². The summed E-state index contributed by atoms with van der Waals surface area (Å²) < 4.78 is 13.7. The van der Waals surface area contributed by atoms with Gasteiger partial charge in [-0.15, -0.1) is 10.2 Å². The topological polar surface area (TPSA) is 118 Å². The van der Waals surface area contributed by atoms with Crippen molar-refractivity contribution < 1.29 is 19.1 Å². The molecule has 2 rings (SSSR count). The summed E-state index contributed by atoms with van der Waals surface area (Å²) in [5, 5.41) is 18.5. The molecule has 8 heteroatoms. The number of carbonyl (C=O) groups is 2. The highest BCUT2D eigenvalue weighted by Gasteiger charge is 2.09. The van der Waals surface area contributed by atoms with Gasteiger partial charge in [0.05, 0.1) is 11.3 Å². The predicted octanol–water partition coefficient (Wildman–Crippen LogP) is 1.16. The first-order valence-corrected chi connectivity index (χ1v) is 5.41. The van der Waals surface area contributed by atoms with Gasteiger partial charge in [0.25, 0.3) is 5.91 Å². The van der Waals surface area contributed by atoms with Crippen molar-refractivity contribution in [3.05, 3.63) is 47.4 Å². The average molecular weight is 276 g/mol. The lowest BCUT2D eigenvalue weighted by atomic mass is 10.2. The van der Waals surface area contributed by atoms with Gasteiger partial charge in [-0.05, 0) is 30.3 Å². The second kappa shape index (κ2) is 5.31. The van der Waals surface area contributed by atoms with Gasteiger partial charge in [0.1, 0.15) is 5.82 Å². The highest BCUT2D eigenvalue weighted by Crippen LogP contribution is 2.19. The number of rotatable bonds is 4. The zero-order chi connectivity index (χ0) is 14.7. The normalized spacial score (nSPS) is 10.1. The Labute approximate surface area is 112 Å². The molecule has 0 spiro atoms. The zero-order valence-corrected chi connectivity index (χ0v) is 10.0. The molecule has 7 nitrogen and oxygen atoms in total. The number of hydrogen-bond acceptors (Lipinski definition) is 5. The Balaban J connectivity index is 2.21. The lowest BCUT2D eigenvalue weighted by Gasteiger charge is -2.06. The molecule has 4 N–H and O–H groups in total. The summed E-state index contributed by atoms with van der Waals surface area (Å²) in [4.78, 5) is 21.5. The van der Waals surface area contributed by atoms with E-state index in [4.69, 9.17) is 10.8 Å². The van der Waals surface area contributed by atoms with Crippen LogP contribution in [0.4, 0.5) is 15.9 Å². The van der Waals surface area contributed by atoms with Crippen LogP contribution < -0.4 is 11.1 Å². The molecule has 2 aromatic rings. The van der Waals surface area contributed by atoms with E-state index in [0.29, 0.717) is 0 Å². The largest absolute Gasteiger partial charge is 0.478 e. The van der Waals surface area contributed by atoms with Crippen LogP contribution in [0.1, 0.15) is 20.8 Å². The third-order valence-corrected chi connectivity index (χ3v) is 2.40. The monoisotopic (exact) mass is 276 g/mol.